The van der Waals surface area contributed by atoms with E-state index in [1.54, 1.807) is 6.08 Å². The van der Waals surface area contributed by atoms with E-state index < -0.39 is 6.04 Å². The molecule has 0 aliphatic heterocycles. The summed E-state index contributed by atoms with van der Waals surface area (Å²) < 4.78 is 0. The molecule has 0 fully saturated rings. The fourth-order valence-electron chi connectivity index (χ4n) is 0.589. The predicted octanol–water partition coefficient (Wildman–Crippen LogP) is 2.04. The molecule has 0 spiro atoms. The van der Waals surface area contributed by atoms with E-state index in [4.69, 9.17) is 16.7 Å². The second-order valence-electron chi connectivity index (χ2n) is 2.18. The number of hydrogen-bond donors (Lipinski definition) is 1. The Morgan fingerprint density at radius 1 is 1.82 bits per heavy atom. The SMILES string of the molecule is CCC/C=C(/Cl)[C@H](CO)N=O. The lowest BCUT2D eigenvalue weighted by Crippen LogP contribution is -2.08. The van der Waals surface area contributed by atoms with Crippen LogP contribution in [0.5, 0.6) is 0 Å². The number of halogens is 1. The van der Waals surface area contributed by atoms with Crippen LogP contribution in [0.3, 0.4) is 0 Å². The van der Waals surface area contributed by atoms with Gasteiger partial charge < -0.3 is 5.11 Å². The van der Waals surface area contributed by atoms with Crippen molar-refractivity contribution >= 4 is 11.6 Å². The van der Waals surface area contributed by atoms with Gasteiger partial charge in [0, 0.05) is 5.03 Å². The Morgan fingerprint density at radius 2 is 2.45 bits per heavy atom. The van der Waals surface area contributed by atoms with Gasteiger partial charge in [-0.1, -0.05) is 36.2 Å². The van der Waals surface area contributed by atoms with E-state index in [9.17, 15) is 4.91 Å². The van der Waals surface area contributed by atoms with E-state index in [0.29, 0.717) is 5.03 Å². The van der Waals surface area contributed by atoms with E-state index >= 15 is 0 Å². The molecule has 3 nitrogen and oxygen atoms in total. The molecule has 4 heteroatoms. The van der Waals surface area contributed by atoms with Crippen LogP contribution in [-0.2, 0) is 0 Å². The van der Waals surface area contributed by atoms with Crippen molar-refractivity contribution in [2.24, 2.45) is 5.18 Å². The first-order chi connectivity index (χ1) is 5.26. The Bertz CT molecular complexity index is 147. The molecule has 0 aromatic carbocycles. The first-order valence-electron chi connectivity index (χ1n) is 3.55. The maximum absolute atomic E-state index is 10.0. The van der Waals surface area contributed by atoms with Crippen LogP contribution in [0.2, 0.25) is 0 Å². The molecule has 1 atom stereocenters. The molecule has 0 bridgehead atoms. The van der Waals surface area contributed by atoms with Gasteiger partial charge in [0.1, 0.15) is 6.04 Å². The molecule has 11 heavy (non-hydrogen) atoms. The van der Waals surface area contributed by atoms with Crippen molar-refractivity contribution in [1.29, 1.82) is 0 Å². The largest absolute Gasteiger partial charge is 0.394 e. The Morgan fingerprint density at radius 3 is 2.82 bits per heavy atom. The van der Waals surface area contributed by atoms with Gasteiger partial charge in [-0.2, -0.15) is 4.91 Å². The van der Waals surface area contributed by atoms with E-state index in [1.165, 1.54) is 0 Å². The molecular formula is C7H12ClNO2. The lowest BCUT2D eigenvalue weighted by atomic mass is 10.2. The highest BCUT2D eigenvalue weighted by Gasteiger charge is 2.09. The molecule has 0 saturated carbocycles. The molecule has 0 amide bonds. The molecule has 0 aliphatic rings. The molecule has 0 aromatic heterocycles. The van der Waals surface area contributed by atoms with Crippen molar-refractivity contribution in [1.82, 2.24) is 0 Å². The van der Waals surface area contributed by atoms with Crippen molar-refractivity contribution < 1.29 is 5.11 Å². The zero-order valence-electron chi connectivity index (χ0n) is 6.46. The number of unbranched alkanes of at least 4 members (excludes halogenated alkanes) is 1. The smallest absolute Gasteiger partial charge is 0.150 e. The molecule has 0 unspecified atom stereocenters. The van der Waals surface area contributed by atoms with Crippen molar-refractivity contribution in [2.75, 3.05) is 6.61 Å². The first-order valence-corrected chi connectivity index (χ1v) is 3.92. The monoisotopic (exact) mass is 177 g/mol. The summed E-state index contributed by atoms with van der Waals surface area (Å²) >= 11 is 5.63. The third-order valence-corrected chi connectivity index (χ3v) is 1.65. The third-order valence-electron chi connectivity index (χ3n) is 1.25. The van der Waals surface area contributed by atoms with E-state index in [1.807, 2.05) is 6.92 Å². The van der Waals surface area contributed by atoms with Crippen LogP contribution < -0.4 is 0 Å². The van der Waals surface area contributed by atoms with Crippen LogP contribution >= 0.6 is 11.6 Å². The van der Waals surface area contributed by atoms with Crippen LogP contribution in [0, 0.1) is 4.91 Å². The minimum atomic E-state index is -0.775. The third kappa shape index (κ3) is 4.11. The van der Waals surface area contributed by atoms with Crippen molar-refractivity contribution in [3.05, 3.63) is 16.0 Å². The molecule has 0 radical (unpaired) electrons. The van der Waals surface area contributed by atoms with Crippen LogP contribution in [0.15, 0.2) is 16.3 Å². The number of nitroso groups, excluding NO2 is 1. The van der Waals surface area contributed by atoms with Gasteiger partial charge in [-0.3, -0.25) is 0 Å². The van der Waals surface area contributed by atoms with Crippen LogP contribution in [0.25, 0.3) is 0 Å². The normalized spacial score (nSPS) is 14.6. The zero-order valence-corrected chi connectivity index (χ0v) is 7.21. The summed E-state index contributed by atoms with van der Waals surface area (Å²) in [5.41, 5.74) is 0. The molecule has 1 N–H and O–H groups in total. The standard InChI is InChI=1S/C7H12ClNO2/c1-2-3-4-6(8)7(5-10)9-11/h4,7,10H,2-3,5H2,1H3/b6-4+/t7-/m0/s1. The predicted molar refractivity (Wildman–Crippen MR) is 45.5 cm³/mol. The fraction of sp³-hybridized carbons (Fsp3) is 0.714. The van der Waals surface area contributed by atoms with E-state index in [-0.39, 0.29) is 6.61 Å². The van der Waals surface area contributed by atoms with Crippen molar-refractivity contribution in [2.45, 2.75) is 25.8 Å². The fourth-order valence-corrected chi connectivity index (χ4v) is 0.807. The summed E-state index contributed by atoms with van der Waals surface area (Å²) in [7, 11) is 0. The lowest BCUT2D eigenvalue weighted by molar-refractivity contribution is 0.282. The van der Waals surface area contributed by atoms with Crippen molar-refractivity contribution in [3.8, 4) is 0 Å². The zero-order chi connectivity index (χ0) is 8.69. The second-order valence-corrected chi connectivity index (χ2v) is 2.62. The van der Waals surface area contributed by atoms with Gasteiger partial charge in [0.15, 0.2) is 0 Å². The number of aliphatic hydroxyl groups excluding tert-OH is 1. The van der Waals surface area contributed by atoms with Crippen LogP contribution in [-0.4, -0.2) is 17.8 Å². The van der Waals surface area contributed by atoms with Gasteiger partial charge in [0.05, 0.1) is 6.61 Å². The van der Waals surface area contributed by atoms with Gasteiger partial charge >= 0.3 is 0 Å². The Balaban J connectivity index is 3.95. The average Bonchev–Trinajstić information content (AvgIpc) is 2.03. The van der Waals surface area contributed by atoms with Gasteiger partial charge in [0.25, 0.3) is 0 Å². The Kier molecular flexibility index (Phi) is 6.07. The lowest BCUT2D eigenvalue weighted by Gasteiger charge is -2.01. The molecular weight excluding hydrogens is 166 g/mol. The summed E-state index contributed by atoms with van der Waals surface area (Å²) in [5, 5.41) is 11.6. The van der Waals surface area contributed by atoms with Crippen LogP contribution in [0.4, 0.5) is 0 Å². The second kappa shape index (κ2) is 6.31. The summed E-state index contributed by atoms with van der Waals surface area (Å²) in [6, 6.07) is -0.775. The highest BCUT2D eigenvalue weighted by molar-refractivity contribution is 6.30. The first kappa shape index (κ1) is 10.6. The van der Waals surface area contributed by atoms with E-state index in [0.717, 1.165) is 12.8 Å². The average molecular weight is 178 g/mol. The maximum atomic E-state index is 10.0. The maximum Gasteiger partial charge on any atom is 0.150 e. The summed E-state index contributed by atoms with van der Waals surface area (Å²) in [4.78, 5) is 10.0. The highest BCUT2D eigenvalue weighted by Crippen LogP contribution is 2.12. The van der Waals surface area contributed by atoms with E-state index in [2.05, 4.69) is 5.18 Å². The number of rotatable bonds is 5. The minimum absolute atomic E-state index is 0.317. The Hall–Kier alpha value is -0.410. The summed E-state index contributed by atoms with van der Waals surface area (Å²) in [5.74, 6) is 0. The molecule has 0 heterocycles. The van der Waals surface area contributed by atoms with Gasteiger partial charge in [-0.15, -0.1) is 0 Å². The van der Waals surface area contributed by atoms with Crippen molar-refractivity contribution in [3.63, 3.8) is 0 Å². The topological polar surface area (TPSA) is 49.7 Å². The number of hydrogen-bond acceptors (Lipinski definition) is 3. The number of aliphatic hydroxyl groups is 1. The molecule has 0 rings (SSSR count). The van der Waals surface area contributed by atoms with Gasteiger partial charge in [0.2, 0.25) is 0 Å². The molecule has 0 aromatic rings. The van der Waals surface area contributed by atoms with Gasteiger partial charge in [-0.05, 0) is 6.42 Å². The summed E-state index contributed by atoms with van der Waals surface area (Å²) in [6.07, 6.45) is 3.49. The number of allylic oxidation sites excluding steroid dienone is 1. The van der Waals surface area contributed by atoms with Crippen LogP contribution in [0.1, 0.15) is 19.8 Å². The number of nitrogens with zero attached hydrogens (tertiary/aromatic N) is 1. The molecule has 0 aliphatic carbocycles. The molecule has 0 saturated heterocycles. The quantitative estimate of drug-likeness (QED) is 0.654. The Labute approximate surface area is 71.0 Å². The minimum Gasteiger partial charge on any atom is -0.394 e. The van der Waals surface area contributed by atoms with Gasteiger partial charge in [-0.25, -0.2) is 0 Å². The highest BCUT2D eigenvalue weighted by atomic mass is 35.5. The summed E-state index contributed by atoms with van der Waals surface area (Å²) in [6.45, 7) is 1.69. The molecule has 64 valence electrons.